The number of carbonyl (C=O) groups excluding carboxylic acids is 2. The van der Waals surface area contributed by atoms with Crippen molar-refractivity contribution in [3.8, 4) is 11.1 Å². The molecule has 0 unspecified atom stereocenters. The minimum absolute atomic E-state index is 0.0754. The first-order chi connectivity index (χ1) is 16.0. The summed E-state index contributed by atoms with van der Waals surface area (Å²) in [7, 11) is 0. The van der Waals surface area contributed by atoms with Gasteiger partial charge in [0.25, 0.3) is 0 Å². The maximum absolute atomic E-state index is 12.8. The summed E-state index contributed by atoms with van der Waals surface area (Å²) in [5.41, 5.74) is 4.49. The number of carboxylic acid groups (broad SMARTS) is 1. The lowest BCUT2D eigenvalue weighted by Crippen LogP contribution is -2.52. The largest absolute Gasteiger partial charge is 0.479 e. The van der Waals surface area contributed by atoms with Crippen molar-refractivity contribution < 1.29 is 29.0 Å². The molecule has 3 N–H and O–H groups in total. The molecule has 2 aromatic rings. The Kier molecular flexibility index (Phi) is 6.93. The zero-order valence-electron chi connectivity index (χ0n) is 18.5. The van der Waals surface area contributed by atoms with Crippen LogP contribution in [0, 0.1) is 0 Å². The van der Waals surface area contributed by atoms with Crippen LogP contribution >= 0.6 is 0 Å². The van der Waals surface area contributed by atoms with Crippen LogP contribution in [0.25, 0.3) is 11.1 Å². The molecule has 0 aromatic heterocycles. The second-order valence-corrected chi connectivity index (χ2v) is 8.34. The molecular weight excluding hydrogens is 424 g/mol. The lowest BCUT2D eigenvalue weighted by molar-refractivity contribution is -0.148. The first-order valence-electron chi connectivity index (χ1n) is 11.3. The molecule has 1 saturated heterocycles. The highest BCUT2D eigenvalue weighted by Gasteiger charge is 2.36. The second kappa shape index (κ2) is 10.0. The Balaban J connectivity index is 1.38. The number of aliphatic carboxylic acids is 1. The van der Waals surface area contributed by atoms with E-state index in [0.29, 0.717) is 19.3 Å². The van der Waals surface area contributed by atoms with Gasteiger partial charge in [-0.1, -0.05) is 61.9 Å². The molecule has 4 rings (SSSR count). The van der Waals surface area contributed by atoms with Gasteiger partial charge in [0.15, 0.2) is 6.10 Å². The Morgan fingerprint density at radius 2 is 1.73 bits per heavy atom. The van der Waals surface area contributed by atoms with Crippen molar-refractivity contribution in [2.24, 2.45) is 0 Å². The van der Waals surface area contributed by atoms with Crippen LogP contribution in [0.1, 0.15) is 43.2 Å². The van der Waals surface area contributed by atoms with Crippen LogP contribution in [0.4, 0.5) is 4.79 Å². The highest BCUT2D eigenvalue weighted by Crippen LogP contribution is 2.44. The summed E-state index contributed by atoms with van der Waals surface area (Å²) in [4.78, 5) is 36.6. The van der Waals surface area contributed by atoms with Gasteiger partial charge in [0.05, 0.1) is 6.04 Å². The predicted octanol–water partition coefficient (Wildman–Crippen LogP) is 3.05. The van der Waals surface area contributed by atoms with Crippen molar-refractivity contribution in [3.63, 3.8) is 0 Å². The smallest absolute Gasteiger partial charge is 0.407 e. The molecular formula is C25H28N2O6. The lowest BCUT2D eigenvalue weighted by Gasteiger charge is -2.22. The van der Waals surface area contributed by atoms with Crippen LogP contribution in [-0.2, 0) is 19.1 Å². The molecule has 1 aliphatic carbocycles. The van der Waals surface area contributed by atoms with Crippen molar-refractivity contribution in [1.29, 1.82) is 0 Å². The Labute approximate surface area is 192 Å². The zero-order chi connectivity index (χ0) is 23.4. The van der Waals surface area contributed by atoms with Gasteiger partial charge in [-0.05, 0) is 35.1 Å². The number of carbonyl (C=O) groups is 3. The molecule has 1 aliphatic heterocycles. The minimum Gasteiger partial charge on any atom is -0.479 e. The van der Waals surface area contributed by atoms with Gasteiger partial charge in [0.1, 0.15) is 12.6 Å². The Morgan fingerprint density at radius 3 is 2.33 bits per heavy atom. The maximum Gasteiger partial charge on any atom is 0.407 e. The quantitative estimate of drug-likeness (QED) is 0.567. The van der Waals surface area contributed by atoms with Crippen LogP contribution in [0.5, 0.6) is 0 Å². The zero-order valence-corrected chi connectivity index (χ0v) is 18.5. The normalized spacial score (nSPS) is 19.9. The second-order valence-electron chi connectivity index (χ2n) is 8.34. The number of amides is 2. The van der Waals surface area contributed by atoms with Gasteiger partial charge in [-0.3, -0.25) is 4.79 Å². The molecule has 33 heavy (non-hydrogen) atoms. The fraction of sp³-hybridized carbons (Fsp3) is 0.400. The number of fused-ring (bicyclic) bond motifs is 3. The van der Waals surface area contributed by atoms with E-state index in [4.69, 9.17) is 9.47 Å². The van der Waals surface area contributed by atoms with Gasteiger partial charge in [-0.2, -0.15) is 0 Å². The number of ether oxygens (including phenoxy) is 2. The molecule has 174 valence electrons. The summed E-state index contributed by atoms with van der Waals surface area (Å²) in [5.74, 6) is -1.63. The highest BCUT2D eigenvalue weighted by atomic mass is 16.5. The number of benzene rings is 2. The number of rotatable bonds is 8. The standard InChI is InChI=1S/C25H28N2O6/c1-2-7-21(23(28)26-20-12-13-32-22(20)24(29)30)27-25(31)33-14-19-17-10-5-3-8-15(17)16-9-4-6-11-18(16)19/h3-6,8-11,19-22H,2,7,12-14H2,1H3,(H,26,28)(H,27,31)(H,29,30)/t20-,21-,22+/m0/s1. The van der Waals surface area contributed by atoms with Crippen molar-refractivity contribution in [2.45, 2.75) is 50.3 Å². The Hall–Kier alpha value is -3.39. The minimum atomic E-state index is -1.12. The van der Waals surface area contributed by atoms with Crippen LogP contribution in [0.15, 0.2) is 48.5 Å². The van der Waals surface area contributed by atoms with Gasteiger partial charge in [-0.25, -0.2) is 9.59 Å². The fourth-order valence-corrected chi connectivity index (χ4v) is 4.60. The Bertz CT molecular complexity index is 994. The van der Waals surface area contributed by atoms with Gasteiger partial charge < -0.3 is 25.2 Å². The van der Waals surface area contributed by atoms with E-state index in [1.54, 1.807) is 0 Å². The molecule has 0 saturated carbocycles. The number of hydrogen-bond donors (Lipinski definition) is 3. The number of nitrogens with one attached hydrogen (secondary N) is 2. The van der Waals surface area contributed by atoms with Crippen LogP contribution in [0.2, 0.25) is 0 Å². The van der Waals surface area contributed by atoms with E-state index in [0.717, 1.165) is 22.3 Å². The van der Waals surface area contributed by atoms with E-state index in [1.807, 2.05) is 43.3 Å². The van der Waals surface area contributed by atoms with Crippen molar-refractivity contribution in [2.75, 3.05) is 13.2 Å². The molecule has 8 heteroatoms. The van der Waals surface area contributed by atoms with E-state index in [1.165, 1.54) is 0 Å². The van der Waals surface area contributed by atoms with Gasteiger partial charge >= 0.3 is 12.1 Å². The van der Waals surface area contributed by atoms with Crippen LogP contribution < -0.4 is 10.6 Å². The summed E-state index contributed by atoms with van der Waals surface area (Å²) in [6, 6.07) is 14.7. The van der Waals surface area contributed by atoms with Crippen molar-refractivity contribution >= 4 is 18.0 Å². The summed E-state index contributed by atoms with van der Waals surface area (Å²) in [5, 5.41) is 14.6. The van der Waals surface area contributed by atoms with E-state index in [-0.39, 0.29) is 19.1 Å². The maximum atomic E-state index is 12.8. The third-order valence-corrected chi connectivity index (χ3v) is 6.19. The molecule has 0 bridgehead atoms. The molecule has 8 nitrogen and oxygen atoms in total. The summed E-state index contributed by atoms with van der Waals surface area (Å²) in [6.45, 7) is 2.32. The molecule has 3 atom stereocenters. The van der Waals surface area contributed by atoms with E-state index >= 15 is 0 Å². The first-order valence-corrected chi connectivity index (χ1v) is 11.3. The van der Waals surface area contributed by atoms with E-state index in [2.05, 4.69) is 22.8 Å². The van der Waals surface area contributed by atoms with Crippen molar-refractivity contribution in [1.82, 2.24) is 10.6 Å². The predicted molar refractivity (Wildman–Crippen MR) is 121 cm³/mol. The molecule has 0 radical (unpaired) electrons. The molecule has 2 aliphatic rings. The first kappa shape index (κ1) is 22.8. The highest BCUT2D eigenvalue weighted by molar-refractivity contribution is 5.87. The molecule has 1 heterocycles. The van der Waals surface area contributed by atoms with E-state index < -0.39 is 36.2 Å². The fourth-order valence-electron chi connectivity index (χ4n) is 4.60. The van der Waals surface area contributed by atoms with Gasteiger partial charge in [-0.15, -0.1) is 0 Å². The van der Waals surface area contributed by atoms with Crippen molar-refractivity contribution in [3.05, 3.63) is 59.7 Å². The van der Waals surface area contributed by atoms with E-state index in [9.17, 15) is 19.5 Å². The van der Waals surface area contributed by atoms with Crippen LogP contribution in [0.3, 0.4) is 0 Å². The Morgan fingerprint density at radius 1 is 1.09 bits per heavy atom. The lowest BCUT2D eigenvalue weighted by atomic mass is 9.98. The molecule has 0 spiro atoms. The SMILES string of the molecule is CCC[C@H](NC(=O)OCC1c2ccccc2-c2ccccc21)C(=O)N[C@H]1CCO[C@H]1C(=O)O. The van der Waals surface area contributed by atoms with Gasteiger partial charge in [0.2, 0.25) is 5.91 Å². The average molecular weight is 453 g/mol. The van der Waals surface area contributed by atoms with Crippen LogP contribution in [-0.4, -0.2) is 54.5 Å². The molecule has 1 fully saturated rings. The monoisotopic (exact) mass is 452 g/mol. The number of alkyl carbamates (subject to hydrolysis) is 1. The van der Waals surface area contributed by atoms with Gasteiger partial charge in [0, 0.05) is 12.5 Å². The summed E-state index contributed by atoms with van der Waals surface area (Å²) in [6.07, 6.45) is -0.285. The molecule has 2 aromatic carbocycles. The topological polar surface area (TPSA) is 114 Å². The third-order valence-electron chi connectivity index (χ3n) is 6.19. The summed E-state index contributed by atoms with van der Waals surface area (Å²) < 4.78 is 10.7. The third kappa shape index (κ3) is 4.85. The molecule has 2 amide bonds. The number of hydrogen-bond acceptors (Lipinski definition) is 5. The average Bonchev–Trinajstić information content (AvgIpc) is 3.40. The summed E-state index contributed by atoms with van der Waals surface area (Å²) >= 11 is 0. The number of carboxylic acids is 1.